The Labute approximate surface area is 128 Å². The van der Waals surface area contributed by atoms with Crippen LogP contribution < -0.4 is 0 Å². The van der Waals surface area contributed by atoms with Gasteiger partial charge in [-0.3, -0.25) is 4.79 Å². The van der Waals surface area contributed by atoms with Crippen LogP contribution in [0.2, 0.25) is 0 Å². The number of carbonyl (C=O) groups excluding carboxylic acids is 1. The van der Waals surface area contributed by atoms with Crippen LogP contribution in [-0.2, 0) is 4.79 Å². The summed E-state index contributed by atoms with van der Waals surface area (Å²) in [5.74, 6) is 1.90. The maximum Gasteiger partial charge on any atom is 0.246 e. The van der Waals surface area contributed by atoms with E-state index in [0.29, 0.717) is 17.8 Å². The lowest BCUT2D eigenvalue weighted by Crippen LogP contribution is -2.41. The third-order valence-electron chi connectivity index (χ3n) is 4.20. The van der Waals surface area contributed by atoms with Crippen molar-refractivity contribution in [2.24, 2.45) is 11.8 Å². The summed E-state index contributed by atoms with van der Waals surface area (Å²) in [4.78, 5) is 14.3. The van der Waals surface area contributed by atoms with Gasteiger partial charge in [-0.2, -0.15) is 0 Å². The number of benzene rings is 1. The van der Waals surface area contributed by atoms with Gasteiger partial charge in [0.2, 0.25) is 5.91 Å². The van der Waals surface area contributed by atoms with Gasteiger partial charge in [-0.15, -0.1) is 0 Å². The van der Waals surface area contributed by atoms with E-state index in [1.165, 1.54) is 12.0 Å². The van der Waals surface area contributed by atoms with Crippen LogP contribution in [0.3, 0.4) is 0 Å². The molecule has 2 atom stereocenters. The molecule has 1 aromatic carbocycles. The third-order valence-corrected chi connectivity index (χ3v) is 4.20. The Balaban J connectivity index is 1.98. The van der Waals surface area contributed by atoms with Crippen LogP contribution in [0.1, 0.15) is 51.2 Å². The first-order valence-electron chi connectivity index (χ1n) is 8.02. The molecule has 114 valence electrons. The molecule has 0 spiro atoms. The number of hydrogen-bond acceptors (Lipinski definition) is 1. The van der Waals surface area contributed by atoms with Gasteiger partial charge in [-0.05, 0) is 41.4 Å². The average Bonchev–Trinajstić information content (AvgIpc) is 2.44. The molecule has 1 aliphatic heterocycles. The van der Waals surface area contributed by atoms with Crippen molar-refractivity contribution >= 4 is 12.0 Å². The van der Waals surface area contributed by atoms with Crippen molar-refractivity contribution in [1.82, 2.24) is 4.90 Å². The molecule has 0 bridgehead atoms. The van der Waals surface area contributed by atoms with Crippen LogP contribution in [0.4, 0.5) is 0 Å². The zero-order valence-corrected chi connectivity index (χ0v) is 13.7. The highest BCUT2D eigenvalue weighted by atomic mass is 16.2. The molecule has 0 radical (unpaired) electrons. The molecule has 1 amide bonds. The topological polar surface area (TPSA) is 20.3 Å². The van der Waals surface area contributed by atoms with E-state index in [1.807, 2.05) is 11.0 Å². The summed E-state index contributed by atoms with van der Waals surface area (Å²) in [5, 5.41) is 0. The summed E-state index contributed by atoms with van der Waals surface area (Å²) < 4.78 is 0. The van der Waals surface area contributed by atoms with Gasteiger partial charge in [-0.1, -0.05) is 52.0 Å². The number of rotatable bonds is 3. The SMILES string of the molecule is CC1CC(C)CN(C(=O)C=Cc2ccc(C(C)C)cc2)C1. The second-order valence-corrected chi connectivity index (χ2v) is 6.84. The third kappa shape index (κ3) is 4.45. The van der Waals surface area contributed by atoms with Crippen LogP contribution in [0.15, 0.2) is 30.3 Å². The second-order valence-electron chi connectivity index (χ2n) is 6.84. The highest BCUT2D eigenvalue weighted by molar-refractivity contribution is 5.91. The van der Waals surface area contributed by atoms with Crippen LogP contribution >= 0.6 is 0 Å². The second kappa shape index (κ2) is 6.93. The molecule has 0 saturated carbocycles. The van der Waals surface area contributed by atoms with E-state index < -0.39 is 0 Å². The van der Waals surface area contributed by atoms with E-state index in [2.05, 4.69) is 52.0 Å². The first kappa shape index (κ1) is 15.8. The molecule has 1 aliphatic rings. The Morgan fingerprint density at radius 2 is 1.71 bits per heavy atom. The highest BCUT2D eigenvalue weighted by Crippen LogP contribution is 2.21. The highest BCUT2D eigenvalue weighted by Gasteiger charge is 2.23. The van der Waals surface area contributed by atoms with Crippen molar-refractivity contribution < 1.29 is 4.79 Å². The lowest BCUT2D eigenvalue weighted by molar-refractivity contribution is -0.128. The Kier molecular flexibility index (Phi) is 5.22. The molecule has 0 aliphatic carbocycles. The van der Waals surface area contributed by atoms with Gasteiger partial charge in [0.15, 0.2) is 0 Å². The Morgan fingerprint density at radius 3 is 2.24 bits per heavy atom. The number of nitrogens with zero attached hydrogens (tertiary/aromatic N) is 1. The van der Waals surface area contributed by atoms with Crippen molar-refractivity contribution in [2.75, 3.05) is 13.1 Å². The molecule has 2 nitrogen and oxygen atoms in total. The summed E-state index contributed by atoms with van der Waals surface area (Å²) in [6, 6.07) is 8.45. The summed E-state index contributed by atoms with van der Waals surface area (Å²) in [6.07, 6.45) is 4.87. The number of carbonyl (C=O) groups is 1. The van der Waals surface area contributed by atoms with E-state index in [1.54, 1.807) is 6.08 Å². The van der Waals surface area contributed by atoms with Gasteiger partial charge in [0.05, 0.1) is 0 Å². The van der Waals surface area contributed by atoms with Crippen LogP contribution in [0.5, 0.6) is 0 Å². The summed E-state index contributed by atoms with van der Waals surface area (Å²) in [6.45, 7) is 10.6. The quantitative estimate of drug-likeness (QED) is 0.757. The molecule has 1 heterocycles. The fourth-order valence-electron chi connectivity index (χ4n) is 3.11. The van der Waals surface area contributed by atoms with Crippen molar-refractivity contribution in [3.05, 3.63) is 41.5 Å². The van der Waals surface area contributed by atoms with E-state index in [4.69, 9.17) is 0 Å². The van der Waals surface area contributed by atoms with Gasteiger partial charge < -0.3 is 4.90 Å². The number of piperidine rings is 1. The molecule has 2 heteroatoms. The van der Waals surface area contributed by atoms with Crippen LogP contribution in [-0.4, -0.2) is 23.9 Å². The Bertz CT molecular complexity index is 491. The molecule has 1 saturated heterocycles. The molecule has 1 fully saturated rings. The number of amides is 1. The van der Waals surface area contributed by atoms with E-state index in [9.17, 15) is 4.79 Å². The summed E-state index contributed by atoms with van der Waals surface area (Å²) >= 11 is 0. The minimum Gasteiger partial charge on any atom is -0.339 e. The summed E-state index contributed by atoms with van der Waals surface area (Å²) in [7, 11) is 0. The first-order chi connectivity index (χ1) is 9.95. The van der Waals surface area contributed by atoms with Crippen molar-refractivity contribution in [3.8, 4) is 0 Å². The van der Waals surface area contributed by atoms with Crippen LogP contribution in [0, 0.1) is 11.8 Å². The maximum absolute atomic E-state index is 12.3. The zero-order chi connectivity index (χ0) is 15.4. The van der Waals surface area contributed by atoms with Gasteiger partial charge in [0, 0.05) is 19.2 Å². The molecule has 21 heavy (non-hydrogen) atoms. The molecular formula is C19H27NO. The maximum atomic E-state index is 12.3. The van der Waals surface area contributed by atoms with E-state index in [0.717, 1.165) is 18.7 Å². The molecule has 1 aromatic rings. The lowest BCUT2D eigenvalue weighted by Gasteiger charge is -2.34. The fourth-order valence-corrected chi connectivity index (χ4v) is 3.11. The van der Waals surface area contributed by atoms with Gasteiger partial charge in [0.1, 0.15) is 0 Å². The Morgan fingerprint density at radius 1 is 1.14 bits per heavy atom. The fraction of sp³-hybridized carbons (Fsp3) is 0.526. The molecule has 0 aromatic heterocycles. The first-order valence-corrected chi connectivity index (χ1v) is 8.02. The average molecular weight is 285 g/mol. The van der Waals surface area contributed by atoms with Gasteiger partial charge in [-0.25, -0.2) is 0 Å². The van der Waals surface area contributed by atoms with E-state index >= 15 is 0 Å². The van der Waals surface area contributed by atoms with Crippen molar-refractivity contribution in [3.63, 3.8) is 0 Å². The predicted octanol–water partition coefficient (Wildman–Crippen LogP) is 4.33. The molecule has 2 rings (SSSR count). The van der Waals surface area contributed by atoms with Crippen molar-refractivity contribution in [1.29, 1.82) is 0 Å². The minimum atomic E-state index is 0.140. The number of likely N-dealkylation sites (tertiary alicyclic amines) is 1. The Hall–Kier alpha value is -1.57. The normalized spacial score (nSPS) is 23.0. The minimum absolute atomic E-state index is 0.140. The molecular weight excluding hydrogens is 258 g/mol. The largest absolute Gasteiger partial charge is 0.339 e. The standard InChI is InChI=1S/C19H27NO/c1-14(2)18-8-5-17(6-9-18)7-10-19(21)20-12-15(3)11-16(4)13-20/h5-10,14-16H,11-13H2,1-4H3. The molecule has 2 unspecified atom stereocenters. The summed E-state index contributed by atoms with van der Waals surface area (Å²) in [5.41, 5.74) is 2.42. The lowest BCUT2D eigenvalue weighted by atomic mass is 9.92. The molecule has 0 N–H and O–H groups in total. The van der Waals surface area contributed by atoms with Crippen LogP contribution in [0.25, 0.3) is 6.08 Å². The monoisotopic (exact) mass is 285 g/mol. The van der Waals surface area contributed by atoms with Crippen molar-refractivity contribution in [2.45, 2.75) is 40.0 Å². The predicted molar refractivity (Wildman–Crippen MR) is 89.1 cm³/mol. The van der Waals surface area contributed by atoms with Gasteiger partial charge >= 0.3 is 0 Å². The zero-order valence-electron chi connectivity index (χ0n) is 13.7. The van der Waals surface area contributed by atoms with Gasteiger partial charge in [0.25, 0.3) is 0 Å². The van der Waals surface area contributed by atoms with E-state index in [-0.39, 0.29) is 5.91 Å². The smallest absolute Gasteiger partial charge is 0.246 e. The number of hydrogen-bond donors (Lipinski definition) is 0.